The summed E-state index contributed by atoms with van der Waals surface area (Å²) in [4.78, 5) is 27.1. The SMILES string of the molecule is O=C(Nc1ccccc1)c1cc2n(n1)CCCN(C(=O)[C@H]1CCCCO1)C2. The molecule has 0 radical (unpaired) electrons. The Balaban J connectivity index is 1.46. The van der Waals surface area contributed by atoms with Gasteiger partial charge in [0.25, 0.3) is 11.8 Å². The van der Waals surface area contributed by atoms with Gasteiger partial charge in [-0.2, -0.15) is 5.10 Å². The summed E-state index contributed by atoms with van der Waals surface area (Å²) in [6.07, 6.45) is 3.34. The number of carbonyl (C=O) groups excluding carboxylic acids is 2. The van der Waals surface area contributed by atoms with E-state index in [1.165, 1.54) is 0 Å². The molecule has 0 bridgehead atoms. The predicted molar refractivity (Wildman–Crippen MR) is 100 cm³/mol. The lowest BCUT2D eigenvalue weighted by Crippen LogP contribution is -2.41. The number of carbonyl (C=O) groups is 2. The minimum Gasteiger partial charge on any atom is -0.368 e. The number of hydrogen-bond donors (Lipinski definition) is 1. The van der Waals surface area contributed by atoms with Gasteiger partial charge in [0.15, 0.2) is 5.69 Å². The van der Waals surface area contributed by atoms with E-state index >= 15 is 0 Å². The number of anilines is 1. The van der Waals surface area contributed by atoms with Crippen molar-refractivity contribution in [1.29, 1.82) is 0 Å². The second-order valence-electron chi connectivity index (χ2n) is 7.03. The van der Waals surface area contributed by atoms with E-state index in [1.54, 1.807) is 6.07 Å². The normalized spacial score (nSPS) is 19.9. The molecule has 2 amide bonds. The molecule has 0 aliphatic carbocycles. The number of fused-ring (bicyclic) bond motifs is 1. The van der Waals surface area contributed by atoms with E-state index in [4.69, 9.17) is 4.74 Å². The number of nitrogens with zero attached hydrogens (tertiary/aromatic N) is 3. The van der Waals surface area contributed by atoms with Gasteiger partial charge in [-0.15, -0.1) is 0 Å². The van der Waals surface area contributed by atoms with E-state index < -0.39 is 0 Å². The minimum atomic E-state index is -0.325. The van der Waals surface area contributed by atoms with E-state index in [2.05, 4.69) is 10.4 Å². The van der Waals surface area contributed by atoms with Crippen LogP contribution in [0.5, 0.6) is 0 Å². The summed E-state index contributed by atoms with van der Waals surface area (Å²) in [6.45, 7) is 2.51. The van der Waals surface area contributed by atoms with Crippen molar-refractivity contribution in [2.75, 3.05) is 18.5 Å². The van der Waals surface area contributed by atoms with E-state index in [0.717, 1.165) is 37.1 Å². The third-order valence-corrected chi connectivity index (χ3v) is 5.05. The second-order valence-corrected chi connectivity index (χ2v) is 7.03. The van der Waals surface area contributed by atoms with Gasteiger partial charge in [0.05, 0.1) is 12.2 Å². The molecule has 1 N–H and O–H groups in total. The molecule has 0 saturated carbocycles. The summed E-state index contributed by atoms with van der Waals surface area (Å²) in [5, 5.41) is 7.30. The zero-order valence-electron chi connectivity index (χ0n) is 15.3. The number of aromatic nitrogens is 2. The minimum absolute atomic E-state index is 0.0552. The maximum Gasteiger partial charge on any atom is 0.276 e. The van der Waals surface area contributed by atoms with Gasteiger partial charge in [-0.3, -0.25) is 14.3 Å². The molecular weight excluding hydrogens is 344 g/mol. The highest BCUT2D eigenvalue weighted by atomic mass is 16.5. The van der Waals surface area contributed by atoms with Crippen LogP contribution < -0.4 is 5.32 Å². The first kappa shape index (κ1) is 17.7. The van der Waals surface area contributed by atoms with Crippen LogP contribution >= 0.6 is 0 Å². The number of hydrogen-bond acceptors (Lipinski definition) is 4. The predicted octanol–water partition coefficient (Wildman–Crippen LogP) is 2.44. The Kier molecular flexibility index (Phi) is 5.20. The summed E-state index contributed by atoms with van der Waals surface area (Å²) in [6, 6.07) is 11.1. The van der Waals surface area contributed by atoms with Gasteiger partial charge in [-0.1, -0.05) is 18.2 Å². The van der Waals surface area contributed by atoms with Crippen molar-refractivity contribution >= 4 is 17.5 Å². The average Bonchev–Trinajstić information content (AvgIpc) is 3.01. The number of para-hydroxylation sites is 1. The van der Waals surface area contributed by atoms with Gasteiger partial charge in [0.2, 0.25) is 0 Å². The van der Waals surface area contributed by atoms with Crippen LogP contribution in [0.2, 0.25) is 0 Å². The van der Waals surface area contributed by atoms with Gasteiger partial charge in [-0.05, 0) is 43.9 Å². The Morgan fingerprint density at radius 3 is 2.74 bits per heavy atom. The fourth-order valence-electron chi connectivity index (χ4n) is 3.62. The number of rotatable bonds is 3. The molecule has 27 heavy (non-hydrogen) atoms. The molecule has 3 heterocycles. The van der Waals surface area contributed by atoms with Crippen LogP contribution in [0.3, 0.4) is 0 Å². The molecule has 4 rings (SSSR count). The quantitative estimate of drug-likeness (QED) is 0.903. The number of benzene rings is 1. The zero-order valence-corrected chi connectivity index (χ0v) is 15.3. The lowest BCUT2D eigenvalue weighted by molar-refractivity contribution is -0.147. The van der Waals surface area contributed by atoms with Crippen molar-refractivity contribution < 1.29 is 14.3 Å². The molecule has 0 spiro atoms. The average molecular weight is 368 g/mol. The maximum absolute atomic E-state index is 12.8. The fourth-order valence-corrected chi connectivity index (χ4v) is 3.62. The second kappa shape index (κ2) is 7.92. The molecule has 2 aliphatic rings. The molecule has 1 aromatic heterocycles. The molecule has 7 heteroatoms. The molecular formula is C20H24N4O3. The van der Waals surface area contributed by atoms with Crippen LogP contribution in [0.4, 0.5) is 5.69 Å². The summed E-state index contributed by atoms with van der Waals surface area (Å²) < 4.78 is 7.50. The standard InChI is InChI=1S/C20H24N4O3/c25-19(21-15-7-2-1-3-8-15)17-13-16-14-23(10-6-11-24(16)22-17)20(26)18-9-4-5-12-27-18/h1-3,7-8,13,18H,4-6,9-12,14H2,(H,21,25)/t18-/m1/s1. The van der Waals surface area contributed by atoms with Crippen LogP contribution in [-0.2, 0) is 22.6 Å². The molecule has 142 valence electrons. The van der Waals surface area contributed by atoms with Gasteiger partial charge in [-0.25, -0.2) is 0 Å². The number of nitrogens with one attached hydrogen (secondary N) is 1. The van der Waals surface area contributed by atoms with Crippen molar-refractivity contribution in [2.24, 2.45) is 0 Å². The van der Waals surface area contributed by atoms with Crippen molar-refractivity contribution in [3.8, 4) is 0 Å². The van der Waals surface area contributed by atoms with Crippen molar-refractivity contribution in [3.63, 3.8) is 0 Å². The van der Waals surface area contributed by atoms with E-state index in [0.29, 0.717) is 31.9 Å². The number of aryl methyl sites for hydroxylation is 1. The Hall–Kier alpha value is -2.67. The summed E-state index contributed by atoms with van der Waals surface area (Å²) in [7, 11) is 0. The monoisotopic (exact) mass is 368 g/mol. The lowest BCUT2D eigenvalue weighted by atomic mass is 10.1. The van der Waals surface area contributed by atoms with Crippen LogP contribution in [-0.4, -0.2) is 45.8 Å². The summed E-state index contributed by atoms with van der Waals surface area (Å²) in [5.74, 6) is -0.185. The third-order valence-electron chi connectivity index (χ3n) is 5.05. The Labute approximate surface area is 158 Å². The molecule has 1 fully saturated rings. The highest BCUT2D eigenvalue weighted by molar-refractivity contribution is 6.02. The lowest BCUT2D eigenvalue weighted by Gasteiger charge is -2.28. The fraction of sp³-hybridized carbons (Fsp3) is 0.450. The van der Waals surface area contributed by atoms with Crippen molar-refractivity contribution in [2.45, 2.75) is 44.9 Å². The van der Waals surface area contributed by atoms with E-state index in [9.17, 15) is 9.59 Å². The molecule has 1 aromatic carbocycles. The number of ether oxygens (including phenoxy) is 1. The topological polar surface area (TPSA) is 76.5 Å². The first-order valence-corrected chi connectivity index (χ1v) is 9.54. The van der Waals surface area contributed by atoms with Crippen LogP contribution in [0.1, 0.15) is 41.9 Å². The first-order chi connectivity index (χ1) is 13.2. The van der Waals surface area contributed by atoms with Crippen LogP contribution in [0, 0.1) is 0 Å². The Morgan fingerprint density at radius 1 is 1.11 bits per heavy atom. The molecule has 7 nitrogen and oxygen atoms in total. The molecule has 2 aliphatic heterocycles. The van der Waals surface area contributed by atoms with E-state index in [1.807, 2.05) is 39.9 Å². The summed E-state index contributed by atoms with van der Waals surface area (Å²) >= 11 is 0. The Bertz CT molecular complexity index is 812. The first-order valence-electron chi connectivity index (χ1n) is 9.54. The van der Waals surface area contributed by atoms with Crippen LogP contribution in [0.25, 0.3) is 0 Å². The number of amides is 2. The molecule has 1 saturated heterocycles. The van der Waals surface area contributed by atoms with Gasteiger partial charge in [0, 0.05) is 25.4 Å². The molecule has 0 unspecified atom stereocenters. The Morgan fingerprint density at radius 2 is 1.96 bits per heavy atom. The molecule has 2 aromatic rings. The van der Waals surface area contributed by atoms with Crippen molar-refractivity contribution in [3.05, 3.63) is 47.8 Å². The van der Waals surface area contributed by atoms with Gasteiger partial charge < -0.3 is 15.0 Å². The highest BCUT2D eigenvalue weighted by Gasteiger charge is 2.29. The highest BCUT2D eigenvalue weighted by Crippen LogP contribution is 2.20. The largest absolute Gasteiger partial charge is 0.368 e. The van der Waals surface area contributed by atoms with Crippen LogP contribution in [0.15, 0.2) is 36.4 Å². The third kappa shape index (κ3) is 4.03. The smallest absolute Gasteiger partial charge is 0.276 e. The van der Waals surface area contributed by atoms with Gasteiger partial charge in [0.1, 0.15) is 6.10 Å². The van der Waals surface area contributed by atoms with E-state index in [-0.39, 0.29) is 17.9 Å². The molecule has 1 atom stereocenters. The zero-order chi connectivity index (χ0) is 18.6. The van der Waals surface area contributed by atoms with Gasteiger partial charge >= 0.3 is 0 Å². The van der Waals surface area contributed by atoms with Crippen molar-refractivity contribution in [1.82, 2.24) is 14.7 Å². The maximum atomic E-state index is 12.8. The summed E-state index contributed by atoms with van der Waals surface area (Å²) in [5.41, 5.74) is 1.99.